The molecule has 9 heteroatoms. The molecule has 1 amide bonds. The summed E-state index contributed by atoms with van der Waals surface area (Å²) in [6.07, 6.45) is 1.56. The molecule has 0 saturated carbocycles. The first-order valence-corrected chi connectivity index (χ1v) is 12.6. The van der Waals surface area contributed by atoms with Crippen molar-refractivity contribution in [1.29, 1.82) is 0 Å². The summed E-state index contributed by atoms with van der Waals surface area (Å²) in [4.78, 5) is 29.0. The lowest BCUT2D eigenvalue weighted by Gasteiger charge is -2.34. The molecule has 1 unspecified atom stereocenters. The van der Waals surface area contributed by atoms with Gasteiger partial charge < -0.3 is 9.64 Å². The fourth-order valence-electron chi connectivity index (χ4n) is 4.23. The van der Waals surface area contributed by atoms with Crippen LogP contribution in [0.5, 0.6) is 0 Å². The molecule has 3 rings (SSSR count). The van der Waals surface area contributed by atoms with Gasteiger partial charge in [-0.05, 0) is 31.7 Å². The summed E-state index contributed by atoms with van der Waals surface area (Å²) in [6.45, 7) is 7.41. The second-order valence-electron chi connectivity index (χ2n) is 8.34. The van der Waals surface area contributed by atoms with Crippen molar-refractivity contribution in [3.8, 4) is 0 Å². The van der Waals surface area contributed by atoms with Crippen molar-refractivity contribution < 1.29 is 22.7 Å². The van der Waals surface area contributed by atoms with Gasteiger partial charge in [-0.25, -0.2) is 8.42 Å². The van der Waals surface area contributed by atoms with Gasteiger partial charge in [-0.3, -0.25) is 14.5 Å². The molecule has 1 aromatic rings. The van der Waals surface area contributed by atoms with Gasteiger partial charge in [0.15, 0.2) is 6.61 Å². The molecular weight excluding hydrogens is 418 g/mol. The highest BCUT2D eigenvalue weighted by Gasteiger charge is 2.39. The molecule has 2 fully saturated rings. The largest absolute Gasteiger partial charge is 0.454 e. The molecule has 0 aliphatic carbocycles. The lowest BCUT2D eigenvalue weighted by Crippen LogP contribution is -2.50. The summed E-state index contributed by atoms with van der Waals surface area (Å²) in [7, 11) is -3.47. The molecule has 0 N–H and O–H groups in total. The third-order valence-electron chi connectivity index (χ3n) is 5.85. The minimum atomic E-state index is -3.47. The monoisotopic (exact) mass is 451 g/mol. The van der Waals surface area contributed by atoms with Crippen LogP contribution >= 0.6 is 0 Å². The van der Waals surface area contributed by atoms with Crippen LogP contribution in [0, 0.1) is 6.92 Å². The third-order valence-corrected chi connectivity index (χ3v) is 7.92. The van der Waals surface area contributed by atoms with E-state index in [1.165, 1.54) is 15.4 Å². The van der Waals surface area contributed by atoms with Crippen molar-refractivity contribution in [2.24, 2.45) is 0 Å². The second-order valence-corrected chi connectivity index (χ2v) is 10.4. The summed E-state index contributed by atoms with van der Waals surface area (Å²) in [6, 6.07) is 7.60. The number of hydrogen-bond acceptors (Lipinski definition) is 6. The van der Waals surface area contributed by atoms with Crippen LogP contribution in [-0.4, -0.2) is 85.5 Å². The first kappa shape index (κ1) is 23.7. The maximum atomic E-state index is 12.5. The minimum Gasteiger partial charge on any atom is -0.454 e. The van der Waals surface area contributed by atoms with Gasteiger partial charge in [0.1, 0.15) is 6.04 Å². The maximum absolute atomic E-state index is 12.5. The summed E-state index contributed by atoms with van der Waals surface area (Å²) in [5.74, 6) is -0.837. The summed E-state index contributed by atoms with van der Waals surface area (Å²) >= 11 is 0. The van der Waals surface area contributed by atoms with Gasteiger partial charge in [0.2, 0.25) is 10.0 Å². The number of carbonyl (C=O) groups excluding carboxylic acids is 2. The Labute approximate surface area is 185 Å². The molecule has 2 aliphatic heterocycles. The van der Waals surface area contributed by atoms with Crippen LogP contribution in [-0.2, 0) is 30.9 Å². The molecule has 2 heterocycles. The van der Waals surface area contributed by atoms with Gasteiger partial charge in [0.25, 0.3) is 5.91 Å². The number of hydrogen-bond donors (Lipinski definition) is 0. The number of esters is 1. The van der Waals surface area contributed by atoms with E-state index < -0.39 is 22.0 Å². The molecule has 2 aliphatic rings. The normalized spacial score (nSPS) is 20.7. The summed E-state index contributed by atoms with van der Waals surface area (Å²) in [5.41, 5.74) is 2.49. The number of nitrogens with zero attached hydrogens (tertiary/aromatic N) is 3. The van der Waals surface area contributed by atoms with E-state index in [0.717, 1.165) is 19.6 Å². The van der Waals surface area contributed by atoms with Crippen LogP contribution in [0.25, 0.3) is 0 Å². The number of amides is 1. The molecule has 0 spiro atoms. The minimum absolute atomic E-state index is 0.0164. The lowest BCUT2D eigenvalue weighted by atomic mass is 10.1. The predicted molar refractivity (Wildman–Crippen MR) is 118 cm³/mol. The Morgan fingerprint density at radius 2 is 1.87 bits per heavy atom. The van der Waals surface area contributed by atoms with Crippen LogP contribution in [0.4, 0.5) is 0 Å². The molecule has 2 saturated heterocycles. The Balaban J connectivity index is 1.44. The Morgan fingerprint density at radius 1 is 1.13 bits per heavy atom. The smallest absolute Gasteiger partial charge is 0.324 e. The van der Waals surface area contributed by atoms with Crippen molar-refractivity contribution in [3.63, 3.8) is 0 Å². The topological polar surface area (TPSA) is 87.2 Å². The van der Waals surface area contributed by atoms with Crippen molar-refractivity contribution in [2.75, 3.05) is 45.1 Å². The zero-order valence-electron chi connectivity index (χ0n) is 18.5. The molecule has 1 aromatic carbocycles. The van der Waals surface area contributed by atoms with Gasteiger partial charge in [-0.15, -0.1) is 0 Å². The Morgan fingerprint density at radius 3 is 2.55 bits per heavy atom. The van der Waals surface area contributed by atoms with E-state index >= 15 is 0 Å². The molecule has 0 bridgehead atoms. The fourth-order valence-corrected chi connectivity index (χ4v) is 5.97. The standard InChI is InChI=1S/C22H33N3O5S/c1-3-14-31(28,29)25-9-5-8-20(25)22(27)30-17-21(26)24-12-10-23(11-13-24)16-19-7-4-6-18(2)15-19/h4,6-7,15,20H,3,5,8-14,16-17H2,1-2H3. The first-order chi connectivity index (χ1) is 14.8. The van der Waals surface area contributed by atoms with Crippen molar-refractivity contribution in [2.45, 2.75) is 45.7 Å². The van der Waals surface area contributed by atoms with Crippen LogP contribution in [0.15, 0.2) is 24.3 Å². The van der Waals surface area contributed by atoms with Crippen LogP contribution in [0.1, 0.15) is 37.3 Å². The van der Waals surface area contributed by atoms with E-state index in [4.69, 9.17) is 4.74 Å². The van der Waals surface area contributed by atoms with Gasteiger partial charge in [-0.1, -0.05) is 36.8 Å². The fraction of sp³-hybridized carbons (Fsp3) is 0.636. The average molecular weight is 452 g/mol. The van der Waals surface area contributed by atoms with Gasteiger partial charge in [0.05, 0.1) is 5.75 Å². The number of carbonyl (C=O) groups is 2. The van der Waals surface area contributed by atoms with E-state index in [9.17, 15) is 18.0 Å². The molecule has 1 atom stereocenters. The average Bonchev–Trinajstić information content (AvgIpc) is 3.23. The number of sulfonamides is 1. The highest BCUT2D eigenvalue weighted by Crippen LogP contribution is 2.23. The van der Waals surface area contributed by atoms with E-state index in [-0.39, 0.29) is 18.3 Å². The maximum Gasteiger partial charge on any atom is 0.324 e. The van der Waals surface area contributed by atoms with Crippen LogP contribution < -0.4 is 0 Å². The lowest BCUT2D eigenvalue weighted by molar-refractivity contribution is -0.155. The zero-order valence-corrected chi connectivity index (χ0v) is 19.3. The highest BCUT2D eigenvalue weighted by atomic mass is 32.2. The Kier molecular flexibility index (Phi) is 8.07. The first-order valence-electron chi connectivity index (χ1n) is 11.0. The summed E-state index contributed by atoms with van der Waals surface area (Å²) in [5, 5.41) is 0. The van der Waals surface area contributed by atoms with Crippen LogP contribution in [0.2, 0.25) is 0 Å². The molecule has 31 heavy (non-hydrogen) atoms. The number of benzene rings is 1. The van der Waals surface area contributed by atoms with Crippen molar-refractivity contribution in [3.05, 3.63) is 35.4 Å². The second kappa shape index (κ2) is 10.6. The van der Waals surface area contributed by atoms with E-state index in [1.807, 2.05) is 0 Å². The summed E-state index contributed by atoms with van der Waals surface area (Å²) < 4.78 is 31.2. The molecule has 8 nitrogen and oxygen atoms in total. The van der Waals surface area contributed by atoms with Crippen LogP contribution in [0.3, 0.4) is 0 Å². The number of ether oxygens (including phenoxy) is 1. The molecule has 0 radical (unpaired) electrons. The van der Waals surface area contributed by atoms with Gasteiger partial charge in [-0.2, -0.15) is 4.31 Å². The van der Waals surface area contributed by atoms with E-state index in [0.29, 0.717) is 38.9 Å². The molecule has 172 valence electrons. The van der Waals surface area contributed by atoms with Gasteiger partial charge >= 0.3 is 5.97 Å². The van der Waals surface area contributed by atoms with Gasteiger partial charge in [0, 0.05) is 39.3 Å². The SMILES string of the molecule is CCCS(=O)(=O)N1CCCC1C(=O)OCC(=O)N1CCN(Cc2cccc(C)c2)CC1. The third kappa shape index (κ3) is 6.27. The highest BCUT2D eigenvalue weighted by molar-refractivity contribution is 7.89. The van der Waals surface area contributed by atoms with E-state index in [2.05, 4.69) is 36.1 Å². The quantitative estimate of drug-likeness (QED) is 0.555. The molecular formula is C22H33N3O5S. The van der Waals surface area contributed by atoms with E-state index in [1.54, 1.807) is 11.8 Å². The molecule has 0 aromatic heterocycles. The number of aryl methyl sites for hydroxylation is 1. The number of rotatable bonds is 8. The Bertz CT molecular complexity index is 881. The van der Waals surface area contributed by atoms with Crippen molar-refractivity contribution >= 4 is 21.9 Å². The number of piperazine rings is 1. The predicted octanol–water partition coefficient (Wildman–Crippen LogP) is 1.39. The Hall–Kier alpha value is -1.97. The zero-order chi connectivity index (χ0) is 22.4. The van der Waals surface area contributed by atoms with Crippen molar-refractivity contribution in [1.82, 2.24) is 14.1 Å².